The van der Waals surface area contributed by atoms with Crippen molar-refractivity contribution in [3.05, 3.63) is 29.8 Å². The maximum Gasteiger partial charge on any atom is 0.120 e. The van der Waals surface area contributed by atoms with E-state index in [9.17, 15) is 5.11 Å². The third-order valence-electron chi connectivity index (χ3n) is 2.72. The van der Waals surface area contributed by atoms with Crippen molar-refractivity contribution < 1.29 is 10.2 Å². The van der Waals surface area contributed by atoms with Gasteiger partial charge in [0.15, 0.2) is 0 Å². The molecule has 0 saturated heterocycles. The van der Waals surface area contributed by atoms with Crippen LogP contribution in [0.25, 0.3) is 0 Å². The lowest BCUT2D eigenvalue weighted by Crippen LogP contribution is -2.33. The number of hydrogen-bond acceptors (Lipinski definition) is 3. The Balaban J connectivity index is 2.60. The van der Waals surface area contributed by atoms with Gasteiger partial charge in [-0.05, 0) is 13.0 Å². The Kier molecular flexibility index (Phi) is 4.33. The first-order chi connectivity index (χ1) is 7.46. The molecule has 0 radical (unpaired) electrons. The van der Waals surface area contributed by atoms with Crippen LogP contribution in [0.15, 0.2) is 24.3 Å². The molecule has 0 aliphatic heterocycles. The van der Waals surface area contributed by atoms with Crippen LogP contribution < -0.4 is 5.32 Å². The van der Waals surface area contributed by atoms with Crippen LogP contribution in [0.5, 0.6) is 5.75 Å². The number of para-hydroxylation sites is 1. The van der Waals surface area contributed by atoms with Crippen molar-refractivity contribution in [2.24, 2.45) is 5.41 Å². The fourth-order valence-electron chi connectivity index (χ4n) is 1.45. The van der Waals surface area contributed by atoms with Gasteiger partial charge in [-0.1, -0.05) is 32.0 Å². The number of aliphatic hydroxyl groups is 1. The fraction of sp³-hybridized carbons (Fsp3) is 0.538. The highest BCUT2D eigenvalue weighted by molar-refractivity contribution is 5.34. The van der Waals surface area contributed by atoms with Crippen molar-refractivity contribution >= 4 is 0 Å². The van der Waals surface area contributed by atoms with Crippen molar-refractivity contribution in [2.45, 2.75) is 26.8 Å². The summed E-state index contributed by atoms with van der Waals surface area (Å²) < 4.78 is 0. The molecule has 0 fully saturated rings. The lowest BCUT2D eigenvalue weighted by Gasteiger charge is -2.25. The Morgan fingerprint density at radius 1 is 1.31 bits per heavy atom. The number of aromatic hydroxyl groups is 1. The van der Waals surface area contributed by atoms with Crippen LogP contribution in [0.3, 0.4) is 0 Å². The Morgan fingerprint density at radius 2 is 1.94 bits per heavy atom. The van der Waals surface area contributed by atoms with E-state index in [-0.39, 0.29) is 18.1 Å². The van der Waals surface area contributed by atoms with Gasteiger partial charge in [0.1, 0.15) is 5.75 Å². The highest BCUT2D eigenvalue weighted by Gasteiger charge is 2.18. The number of hydrogen-bond donors (Lipinski definition) is 3. The van der Waals surface area contributed by atoms with E-state index in [4.69, 9.17) is 5.11 Å². The van der Waals surface area contributed by atoms with Crippen LogP contribution in [-0.2, 0) is 0 Å². The second kappa shape index (κ2) is 5.32. The van der Waals surface area contributed by atoms with E-state index in [0.717, 1.165) is 5.56 Å². The molecule has 0 amide bonds. The standard InChI is InChI=1S/C13H21NO2/c1-10(14-8-13(2,3)9-15)11-6-4-5-7-12(11)16/h4-7,10,14-16H,8-9H2,1-3H3. The van der Waals surface area contributed by atoms with Crippen LogP contribution in [-0.4, -0.2) is 23.4 Å². The number of nitrogens with one attached hydrogen (secondary N) is 1. The molecule has 0 aliphatic carbocycles. The summed E-state index contributed by atoms with van der Waals surface area (Å²) in [5.41, 5.74) is 0.745. The summed E-state index contributed by atoms with van der Waals surface area (Å²) in [6, 6.07) is 7.38. The number of benzene rings is 1. The first-order valence-electron chi connectivity index (χ1n) is 5.58. The average Bonchev–Trinajstić information content (AvgIpc) is 2.27. The molecule has 1 aromatic carbocycles. The molecule has 1 unspecified atom stereocenters. The van der Waals surface area contributed by atoms with Gasteiger partial charge in [0.25, 0.3) is 0 Å². The van der Waals surface area contributed by atoms with Gasteiger partial charge in [0.2, 0.25) is 0 Å². The number of phenolic OH excluding ortho intramolecular Hbond substituents is 1. The lowest BCUT2D eigenvalue weighted by molar-refractivity contribution is 0.153. The first kappa shape index (κ1) is 13.0. The van der Waals surface area contributed by atoms with Gasteiger partial charge in [0.05, 0.1) is 0 Å². The van der Waals surface area contributed by atoms with Crippen LogP contribution >= 0.6 is 0 Å². The molecule has 3 heteroatoms. The Labute approximate surface area is 97.1 Å². The Bertz CT molecular complexity index is 336. The van der Waals surface area contributed by atoms with Gasteiger partial charge in [0, 0.05) is 30.2 Å². The van der Waals surface area contributed by atoms with Crippen molar-refractivity contribution in [3.8, 4) is 5.75 Å². The molecule has 3 N–H and O–H groups in total. The predicted octanol–water partition coefficient (Wildman–Crippen LogP) is 2.06. The molecule has 90 valence electrons. The molecule has 1 rings (SSSR count). The molecular weight excluding hydrogens is 202 g/mol. The number of aliphatic hydroxyl groups excluding tert-OH is 1. The van der Waals surface area contributed by atoms with Crippen LogP contribution in [0.1, 0.15) is 32.4 Å². The minimum Gasteiger partial charge on any atom is -0.508 e. The van der Waals surface area contributed by atoms with Gasteiger partial charge < -0.3 is 15.5 Å². The van der Waals surface area contributed by atoms with Gasteiger partial charge in [-0.3, -0.25) is 0 Å². The zero-order valence-corrected chi connectivity index (χ0v) is 10.2. The smallest absolute Gasteiger partial charge is 0.120 e. The zero-order valence-electron chi connectivity index (χ0n) is 10.2. The molecule has 16 heavy (non-hydrogen) atoms. The predicted molar refractivity (Wildman–Crippen MR) is 65.4 cm³/mol. The van der Waals surface area contributed by atoms with Crippen LogP contribution in [0, 0.1) is 5.41 Å². The van der Waals surface area contributed by atoms with E-state index in [1.807, 2.05) is 39.0 Å². The average molecular weight is 223 g/mol. The van der Waals surface area contributed by atoms with E-state index in [2.05, 4.69) is 5.32 Å². The summed E-state index contributed by atoms with van der Waals surface area (Å²) in [6.45, 7) is 6.85. The van der Waals surface area contributed by atoms with E-state index in [0.29, 0.717) is 12.3 Å². The van der Waals surface area contributed by atoms with E-state index in [1.54, 1.807) is 6.07 Å². The van der Waals surface area contributed by atoms with Crippen molar-refractivity contribution in [2.75, 3.05) is 13.2 Å². The van der Waals surface area contributed by atoms with Gasteiger partial charge in [-0.2, -0.15) is 0 Å². The van der Waals surface area contributed by atoms with E-state index < -0.39 is 0 Å². The van der Waals surface area contributed by atoms with E-state index >= 15 is 0 Å². The summed E-state index contributed by atoms with van der Waals surface area (Å²) in [5, 5.41) is 22.1. The van der Waals surface area contributed by atoms with Gasteiger partial charge >= 0.3 is 0 Å². The molecule has 0 saturated carbocycles. The summed E-state index contributed by atoms with van der Waals surface area (Å²) in [5.74, 6) is 0.310. The molecule has 0 bridgehead atoms. The summed E-state index contributed by atoms with van der Waals surface area (Å²) in [6.07, 6.45) is 0. The molecule has 1 atom stereocenters. The minimum atomic E-state index is -0.140. The molecule has 0 aliphatic rings. The number of phenols is 1. The van der Waals surface area contributed by atoms with Crippen molar-refractivity contribution in [3.63, 3.8) is 0 Å². The molecule has 0 aromatic heterocycles. The quantitative estimate of drug-likeness (QED) is 0.716. The summed E-state index contributed by atoms with van der Waals surface area (Å²) in [4.78, 5) is 0. The second-order valence-electron chi connectivity index (χ2n) is 4.98. The summed E-state index contributed by atoms with van der Waals surface area (Å²) in [7, 11) is 0. The molecular formula is C13H21NO2. The van der Waals surface area contributed by atoms with E-state index in [1.165, 1.54) is 0 Å². The molecule has 0 heterocycles. The topological polar surface area (TPSA) is 52.5 Å². The van der Waals surface area contributed by atoms with Crippen LogP contribution in [0.2, 0.25) is 0 Å². The fourth-order valence-corrected chi connectivity index (χ4v) is 1.45. The first-order valence-corrected chi connectivity index (χ1v) is 5.58. The highest BCUT2D eigenvalue weighted by atomic mass is 16.3. The van der Waals surface area contributed by atoms with Crippen molar-refractivity contribution in [1.82, 2.24) is 5.32 Å². The normalized spacial score (nSPS) is 13.8. The Morgan fingerprint density at radius 3 is 2.50 bits per heavy atom. The van der Waals surface area contributed by atoms with Crippen LogP contribution in [0.4, 0.5) is 0 Å². The molecule has 1 aromatic rings. The maximum atomic E-state index is 9.68. The lowest BCUT2D eigenvalue weighted by atomic mass is 9.94. The molecule has 3 nitrogen and oxygen atoms in total. The highest BCUT2D eigenvalue weighted by Crippen LogP contribution is 2.24. The maximum absolute atomic E-state index is 9.68. The minimum absolute atomic E-state index is 0.0759. The number of rotatable bonds is 5. The Hall–Kier alpha value is -1.06. The zero-order chi connectivity index (χ0) is 12.2. The SMILES string of the molecule is CC(NCC(C)(C)CO)c1ccccc1O. The summed E-state index contributed by atoms with van der Waals surface area (Å²) >= 11 is 0. The van der Waals surface area contributed by atoms with Gasteiger partial charge in [-0.15, -0.1) is 0 Å². The third-order valence-corrected chi connectivity index (χ3v) is 2.72. The molecule has 0 spiro atoms. The second-order valence-corrected chi connectivity index (χ2v) is 4.98. The monoisotopic (exact) mass is 223 g/mol. The van der Waals surface area contributed by atoms with Crippen molar-refractivity contribution in [1.29, 1.82) is 0 Å². The van der Waals surface area contributed by atoms with Gasteiger partial charge in [-0.25, -0.2) is 0 Å². The largest absolute Gasteiger partial charge is 0.508 e. The third kappa shape index (κ3) is 3.51.